The molecule has 3 aromatic heterocycles. The number of hydrogen-bond acceptors (Lipinski definition) is 10. The first kappa shape index (κ1) is 19.9. The van der Waals surface area contributed by atoms with Gasteiger partial charge in [-0.2, -0.15) is 0 Å². The second-order valence-electron chi connectivity index (χ2n) is 5.72. The van der Waals surface area contributed by atoms with Gasteiger partial charge in [-0.05, 0) is 0 Å². The average molecular weight is 426 g/mol. The highest BCUT2D eigenvalue weighted by atomic mass is 32.1. The van der Waals surface area contributed by atoms with Crippen LogP contribution in [0.1, 0.15) is 13.8 Å². The molecular formula is C16H14N2O8S2. The summed E-state index contributed by atoms with van der Waals surface area (Å²) in [6.45, 7) is 1.90. The molecule has 0 aliphatic rings. The Hall–Kier alpha value is -2.86. The van der Waals surface area contributed by atoms with E-state index >= 15 is 0 Å². The van der Waals surface area contributed by atoms with Gasteiger partial charge in [0.2, 0.25) is 0 Å². The van der Waals surface area contributed by atoms with E-state index in [1.54, 1.807) is 0 Å². The molecule has 0 saturated heterocycles. The van der Waals surface area contributed by atoms with Crippen LogP contribution in [0.2, 0.25) is 0 Å². The third-order valence-corrected chi connectivity index (χ3v) is 6.41. The summed E-state index contributed by atoms with van der Waals surface area (Å²) in [6, 6.07) is 0. The van der Waals surface area contributed by atoms with Gasteiger partial charge in [0.15, 0.2) is 0 Å². The number of carbonyl (C=O) groups is 2. The first-order chi connectivity index (χ1) is 13.2. The van der Waals surface area contributed by atoms with Crippen LogP contribution in [0.4, 0.5) is 0 Å². The standard InChI is InChI=1S/C16H14N2O8S2/c1-7(19)25-5-3-17-13(21)9-10(14(17)22)28-12-11(27-9)15(23)18(16(12)24)4-6-26-8(2)20/h3-6H2,1-2H3. The third kappa shape index (κ3) is 3.47. The van der Waals surface area contributed by atoms with Gasteiger partial charge in [0.25, 0.3) is 22.2 Å². The van der Waals surface area contributed by atoms with E-state index < -0.39 is 34.2 Å². The van der Waals surface area contributed by atoms with Crippen molar-refractivity contribution in [3.8, 4) is 0 Å². The quantitative estimate of drug-likeness (QED) is 0.492. The predicted octanol–water partition coefficient (Wildman–Crippen LogP) is -0.276. The highest BCUT2D eigenvalue weighted by molar-refractivity contribution is 7.36. The summed E-state index contributed by atoms with van der Waals surface area (Å²) in [4.78, 5) is 71.7. The first-order valence-corrected chi connectivity index (χ1v) is 9.69. The van der Waals surface area contributed by atoms with Crippen molar-refractivity contribution in [1.29, 1.82) is 0 Å². The maximum atomic E-state index is 12.5. The van der Waals surface area contributed by atoms with Gasteiger partial charge in [-0.25, -0.2) is 0 Å². The van der Waals surface area contributed by atoms with Gasteiger partial charge in [-0.15, -0.1) is 22.7 Å². The van der Waals surface area contributed by atoms with Crippen molar-refractivity contribution in [3.05, 3.63) is 41.4 Å². The fourth-order valence-corrected chi connectivity index (χ4v) is 5.01. The van der Waals surface area contributed by atoms with Crippen molar-refractivity contribution in [2.75, 3.05) is 13.2 Å². The van der Waals surface area contributed by atoms with Crippen LogP contribution in [0.25, 0.3) is 18.8 Å². The summed E-state index contributed by atoms with van der Waals surface area (Å²) >= 11 is 1.56. The zero-order valence-corrected chi connectivity index (χ0v) is 16.4. The Labute approximate surface area is 163 Å². The van der Waals surface area contributed by atoms with Gasteiger partial charge < -0.3 is 9.47 Å². The van der Waals surface area contributed by atoms with Crippen molar-refractivity contribution < 1.29 is 19.1 Å². The third-order valence-electron chi connectivity index (χ3n) is 3.82. The molecule has 0 N–H and O–H groups in total. The van der Waals surface area contributed by atoms with Crippen molar-refractivity contribution in [1.82, 2.24) is 9.13 Å². The van der Waals surface area contributed by atoms with E-state index in [9.17, 15) is 28.8 Å². The fourth-order valence-electron chi connectivity index (χ4n) is 2.59. The van der Waals surface area contributed by atoms with Crippen LogP contribution >= 0.6 is 22.7 Å². The molecule has 148 valence electrons. The molecule has 0 atom stereocenters. The molecule has 28 heavy (non-hydrogen) atoms. The average Bonchev–Trinajstić information content (AvgIpc) is 3.00. The zero-order chi connectivity index (χ0) is 20.6. The molecule has 10 nitrogen and oxygen atoms in total. The molecule has 0 aliphatic carbocycles. The Morgan fingerprint density at radius 1 is 0.679 bits per heavy atom. The molecule has 3 rings (SSSR count). The van der Waals surface area contributed by atoms with Crippen LogP contribution in [-0.4, -0.2) is 34.3 Å². The Kier molecular flexibility index (Phi) is 5.42. The zero-order valence-electron chi connectivity index (χ0n) is 14.8. The molecule has 3 heterocycles. The molecule has 0 radical (unpaired) electrons. The SMILES string of the molecule is CC(=O)OCCn1c(=O)c2sc3c(=O)n(CCOC(C)=O)c(=O)c3sc2c1=O. The Balaban J connectivity index is 2.08. The van der Waals surface area contributed by atoms with Crippen LogP contribution in [0.5, 0.6) is 0 Å². The van der Waals surface area contributed by atoms with Crippen LogP contribution in [0, 0.1) is 0 Å². The Bertz CT molecular complexity index is 1140. The van der Waals surface area contributed by atoms with Crippen LogP contribution < -0.4 is 22.2 Å². The maximum absolute atomic E-state index is 12.5. The molecule has 0 aromatic carbocycles. The summed E-state index contributed by atoms with van der Waals surface area (Å²) in [6.07, 6.45) is 0. The second kappa shape index (κ2) is 7.64. The smallest absolute Gasteiger partial charge is 0.302 e. The summed E-state index contributed by atoms with van der Waals surface area (Å²) in [5.74, 6) is -1.07. The number of aromatic nitrogens is 2. The number of fused-ring (bicyclic) bond motifs is 2. The lowest BCUT2D eigenvalue weighted by atomic mass is 10.6. The minimum Gasteiger partial charge on any atom is -0.464 e. The van der Waals surface area contributed by atoms with E-state index in [0.29, 0.717) is 0 Å². The number of ether oxygens (including phenoxy) is 2. The van der Waals surface area contributed by atoms with Crippen LogP contribution in [-0.2, 0) is 32.2 Å². The topological polar surface area (TPSA) is 131 Å². The molecule has 12 heteroatoms. The molecule has 0 spiro atoms. The normalized spacial score (nSPS) is 11.2. The summed E-state index contributed by atoms with van der Waals surface area (Å²) in [5.41, 5.74) is -2.41. The van der Waals surface area contributed by atoms with Gasteiger partial charge in [-0.1, -0.05) is 0 Å². The summed E-state index contributed by atoms with van der Waals surface area (Å²) < 4.78 is 11.6. The second-order valence-corrected chi connectivity index (χ2v) is 7.77. The molecule has 3 aromatic rings. The van der Waals surface area contributed by atoms with E-state index in [1.807, 2.05) is 0 Å². The van der Waals surface area contributed by atoms with Gasteiger partial charge in [0.05, 0.1) is 13.1 Å². The minimum atomic E-state index is -0.602. The molecule has 0 amide bonds. The molecule has 0 aliphatic heterocycles. The molecule has 0 fully saturated rings. The summed E-state index contributed by atoms with van der Waals surface area (Å²) in [7, 11) is 0. The maximum Gasteiger partial charge on any atom is 0.302 e. The monoisotopic (exact) mass is 426 g/mol. The molecule has 0 bridgehead atoms. The molecule has 0 unspecified atom stereocenters. The lowest BCUT2D eigenvalue weighted by Crippen LogP contribution is -2.28. The summed E-state index contributed by atoms with van der Waals surface area (Å²) in [5, 5.41) is 0. The molecular weight excluding hydrogens is 412 g/mol. The van der Waals surface area contributed by atoms with E-state index in [4.69, 9.17) is 9.47 Å². The van der Waals surface area contributed by atoms with E-state index in [0.717, 1.165) is 31.8 Å². The highest BCUT2D eigenvalue weighted by Gasteiger charge is 2.21. The molecule has 0 saturated carbocycles. The number of esters is 2. The largest absolute Gasteiger partial charge is 0.464 e. The first-order valence-electron chi connectivity index (χ1n) is 8.05. The number of hydrogen-bond donors (Lipinski definition) is 0. The number of nitrogens with zero attached hydrogens (tertiary/aromatic N) is 2. The van der Waals surface area contributed by atoms with Crippen molar-refractivity contribution in [2.24, 2.45) is 0 Å². The lowest BCUT2D eigenvalue weighted by molar-refractivity contribution is -0.142. The Morgan fingerprint density at radius 2 is 0.964 bits per heavy atom. The minimum absolute atomic E-state index is 0.0690. The Morgan fingerprint density at radius 3 is 1.21 bits per heavy atom. The van der Waals surface area contributed by atoms with Crippen molar-refractivity contribution in [3.63, 3.8) is 0 Å². The number of rotatable bonds is 6. The van der Waals surface area contributed by atoms with Gasteiger partial charge in [0.1, 0.15) is 32.0 Å². The van der Waals surface area contributed by atoms with Crippen LogP contribution in [0.3, 0.4) is 0 Å². The van der Waals surface area contributed by atoms with Gasteiger partial charge in [0, 0.05) is 13.8 Å². The van der Waals surface area contributed by atoms with Crippen LogP contribution in [0.15, 0.2) is 19.2 Å². The lowest BCUT2D eigenvalue weighted by Gasteiger charge is -2.00. The van der Waals surface area contributed by atoms with Gasteiger partial charge in [-0.3, -0.25) is 37.9 Å². The van der Waals surface area contributed by atoms with Gasteiger partial charge >= 0.3 is 11.9 Å². The van der Waals surface area contributed by atoms with Crippen molar-refractivity contribution >= 4 is 53.4 Å². The van der Waals surface area contributed by atoms with E-state index in [2.05, 4.69) is 0 Å². The van der Waals surface area contributed by atoms with Crippen molar-refractivity contribution in [2.45, 2.75) is 26.9 Å². The number of carbonyl (C=O) groups excluding carboxylic acids is 2. The highest BCUT2D eigenvalue weighted by Crippen LogP contribution is 2.25. The predicted molar refractivity (Wildman–Crippen MR) is 103 cm³/mol. The fraction of sp³-hybridized carbons (Fsp3) is 0.375. The van der Waals surface area contributed by atoms with E-state index in [1.165, 1.54) is 13.8 Å². The van der Waals surface area contributed by atoms with E-state index in [-0.39, 0.29) is 45.1 Å².